The van der Waals surface area contributed by atoms with Gasteiger partial charge in [-0.3, -0.25) is 9.59 Å². The minimum atomic E-state index is -1.01. The summed E-state index contributed by atoms with van der Waals surface area (Å²) < 4.78 is 18.5. The Morgan fingerprint density at radius 2 is 1.64 bits per heavy atom. The Kier molecular flexibility index (Phi) is 6.35. The van der Waals surface area contributed by atoms with Crippen LogP contribution >= 0.6 is 0 Å². The summed E-state index contributed by atoms with van der Waals surface area (Å²) in [5, 5.41) is 2.75. The third-order valence-electron chi connectivity index (χ3n) is 5.35. The molecule has 1 aliphatic heterocycles. The number of para-hydroxylation sites is 1. The van der Waals surface area contributed by atoms with Gasteiger partial charge in [0.2, 0.25) is 5.91 Å². The highest BCUT2D eigenvalue weighted by atomic mass is 19.1. The molecule has 4 amide bonds. The predicted molar refractivity (Wildman–Crippen MR) is 121 cm³/mol. The van der Waals surface area contributed by atoms with Crippen LogP contribution in [-0.4, -0.2) is 35.9 Å². The average molecular weight is 447 g/mol. The summed E-state index contributed by atoms with van der Waals surface area (Å²) in [6.07, 6.45) is -0.215. The molecule has 0 aromatic heterocycles. The quantitative estimate of drug-likeness (QED) is 0.551. The van der Waals surface area contributed by atoms with Crippen LogP contribution in [0.5, 0.6) is 5.75 Å². The molecule has 3 aromatic carbocycles. The number of methoxy groups -OCH3 is 1. The second-order valence-corrected chi connectivity index (χ2v) is 7.54. The number of halogens is 1. The van der Waals surface area contributed by atoms with E-state index in [1.807, 2.05) is 6.07 Å². The fourth-order valence-corrected chi connectivity index (χ4v) is 3.68. The number of benzene rings is 3. The van der Waals surface area contributed by atoms with Crippen molar-refractivity contribution in [2.75, 3.05) is 17.3 Å². The summed E-state index contributed by atoms with van der Waals surface area (Å²) >= 11 is 0. The van der Waals surface area contributed by atoms with Crippen molar-refractivity contribution in [1.82, 2.24) is 4.90 Å². The summed E-state index contributed by atoms with van der Waals surface area (Å²) in [6, 6.07) is 19.5. The third kappa shape index (κ3) is 4.85. The van der Waals surface area contributed by atoms with Crippen LogP contribution in [0.2, 0.25) is 0 Å². The van der Waals surface area contributed by atoms with Crippen molar-refractivity contribution in [2.24, 2.45) is 0 Å². The molecule has 7 nitrogen and oxygen atoms in total. The van der Waals surface area contributed by atoms with Crippen molar-refractivity contribution in [3.05, 3.63) is 90.2 Å². The Bertz CT molecular complexity index is 1150. The van der Waals surface area contributed by atoms with Crippen LogP contribution in [0.25, 0.3) is 0 Å². The highest BCUT2D eigenvalue weighted by Crippen LogP contribution is 2.30. The summed E-state index contributed by atoms with van der Waals surface area (Å²) in [6.45, 7) is 0.0563. The van der Waals surface area contributed by atoms with Crippen LogP contribution in [0.15, 0.2) is 78.9 Å². The average Bonchev–Trinajstić information content (AvgIpc) is 3.05. The number of nitrogens with one attached hydrogen (secondary N) is 1. The molecular formula is C25H22FN3O4. The molecule has 4 rings (SSSR count). The Morgan fingerprint density at radius 1 is 0.970 bits per heavy atom. The zero-order valence-electron chi connectivity index (χ0n) is 17.9. The van der Waals surface area contributed by atoms with E-state index in [2.05, 4.69) is 5.32 Å². The van der Waals surface area contributed by atoms with Crippen molar-refractivity contribution in [2.45, 2.75) is 19.0 Å². The number of rotatable bonds is 7. The normalized spacial score (nSPS) is 15.6. The number of imide groups is 1. The van der Waals surface area contributed by atoms with Gasteiger partial charge in [0.05, 0.1) is 19.2 Å². The van der Waals surface area contributed by atoms with Gasteiger partial charge in [-0.05, 0) is 54.1 Å². The first kappa shape index (κ1) is 22.0. The monoisotopic (exact) mass is 447 g/mol. The van der Waals surface area contributed by atoms with Crippen molar-refractivity contribution in [3.8, 4) is 5.75 Å². The van der Waals surface area contributed by atoms with Gasteiger partial charge in [0, 0.05) is 12.2 Å². The first-order valence-electron chi connectivity index (χ1n) is 10.3. The SMILES string of the molecule is COc1ccc(N2C(=O)[C@H](CC(=O)Nc3ccccc3)N(Cc3ccc(F)cc3)C2=O)cc1. The summed E-state index contributed by atoms with van der Waals surface area (Å²) in [7, 11) is 1.52. The van der Waals surface area contributed by atoms with Crippen LogP contribution < -0.4 is 15.0 Å². The molecule has 1 atom stereocenters. The van der Waals surface area contributed by atoms with Crippen LogP contribution in [0.3, 0.4) is 0 Å². The second-order valence-electron chi connectivity index (χ2n) is 7.54. The summed E-state index contributed by atoms with van der Waals surface area (Å²) in [5.41, 5.74) is 1.61. The molecular weight excluding hydrogens is 425 g/mol. The third-order valence-corrected chi connectivity index (χ3v) is 5.35. The van der Waals surface area contributed by atoms with Gasteiger partial charge in [0.1, 0.15) is 17.6 Å². The number of hydrogen-bond donors (Lipinski definition) is 1. The maximum Gasteiger partial charge on any atom is 0.332 e. The summed E-state index contributed by atoms with van der Waals surface area (Å²) in [4.78, 5) is 41.7. The van der Waals surface area contributed by atoms with Crippen molar-refractivity contribution in [3.63, 3.8) is 0 Å². The fraction of sp³-hybridized carbons (Fsp3) is 0.160. The lowest BCUT2D eigenvalue weighted by Gasteiger charge is -2.21. The molecule has 0 spiro atoms. The second kappa shape index (κ2) is 9.52. The molecule has 33 heavy (non-hydrogen) atoms. The number of nitrogens with zero attached hydrogens (tertiary/aromatic N) is 2. The van der Waals surface area contributed by atoms with Gasteiger partial charge in [-0.2, -0.15) is 0 Å². The molecule has 0 bridgehead atoms. The Hall–Kier alpha value is -4.20. The zero-order chi connectivity index (χ0) is 23.4. The maximum atomic E-state index is 13.3. The van der Waals surface area contributed by atoms with Crippen LogP contribution in [0, 0.1) is 5.82 Å². The number of carbonyl (C=O) groups excluding carboxylic acids is 3. The molecule has 168 valence electrons. The summed E-state index contributed by atoms with van der Waals surface area (Å²) in [5.74, 6) is -0.718. The largest absolute Gasteiger partial charge is 0.497 e. The molecule has 0 aliphatic carbocycles. The van der Waals surface area contributed by atoms with E-state index in [4.69, 9.17) is 4.74 Å². The highest BCUT2D eigenvalue weighted by molar-refractivity contribution is 6.22. The lowest BCUT2D eigenvalue weighted by atomic mass is 10.1. The van der Waals surface area contributed by atoms with Gasteiger partial charge >= 0.3 is 6.03 Å². The molecule has 0 radical (unpaired) electrons. The first-order chi connectivity index (χ1) is 16.0. The predicted octanol–water partition coefficient (Wildman–Crippen LogP) is 4.20. The molecule has 1 N–H and O–H groups in total. The van der Waals surface area contributed by atoms with E-state index in [0.717, 1.165) is 4.90 Å². The molecule has 1 fully saturated rings. The molecule has 1 saturated heterocycles. The number of carbonyl (C=O) groups is 3. The van der Waals surface area contributed by atoms with Gasteiger partial charge in [-0.25, -0.2) is 14.1 Å². The number of amides is 4. The van der Waals surface area contributed by atoms with Crippen molar-refractivity contribution >= 4 is 29.2 Å². The van der Waals surface area contributed by atoms with Gasteiger partial charge in [-0.15, -0.1) is 0 Å². The molecule has 1 heterocycles. The Morgan fingerprint density at radius 3 is 2.27 bits per heavy atom. The Labute approximate surface area is 190 Å². The van der Waals surface area contributed by atoms with E-state index in [1.165, 1.54) is 24.1 Å². The van der Waals surface area contributed by atoms with E-state index in [0.29, 0.717) is 22.7 Å². The van der Waals surface area contributed by atoms with Gasteiger partial charge in [0.25, 0.3) is 5.91 Å². The number of hydrogen-bond acceptors (Lipinski definition) is 4. The lowest BCUT2D eigenvalue weighted by Crippen LogP contribution is -2.37. The molecule has 0 unspecified atom stereocenters. The highest BCUT2D eigenvalue weighted by Gasteiger charge is 2.46. The fourth-order valence-electron chi connectivity index (χ4n) is 3.68. The standard InChI is InChI=1S/C25H22FN3O4/c1-33-21-13-11-20(12-14-21)29-24(31)22(15-23(30)27-19-5-3-2-4-6-19)28(25(29)32)16-17-7-9-18(26)10-8-17/h2-14,22H,15-16H2,1H3,(H,27,30)/t22-/m0/s1. The van der Waals surface area contributed by atoms with E-state index in [1.54, 1.807) is 60.7 Å². The van der Waals surface area contributed by atoms with Gasteiger partial charge in [0.15, 0.2) is 0 Å². The molecule has 1 aliphatic rings. The lowest BCUT2D eigenvalue weighted by molar-refractivity contribution is -0.124. The Balaban J connectivity index is 1.60. The molecule has 0 saturated carbocycles. The molecule has 8 heteroatoms. The number of urea groups is 1. The van der Waals surface area contributed by atoms with Crippen molar-refractivity contribution < 1.29 is 23.5 Å². The maximum absolute atomic E-state index is 13.3. The van der Waals surface area contributed by atoms with Crippen molar-refractivity contribution in [1.29, 1.82) is 0 Å². The van der Waals surface area contributed by atoms with Crippen LogP contribution in [-0.2, 0) is 16.1 Å². The van der Waals surface area contributed by atoms with E-state index >= 15 is 0 Å². The zero-order valence-corrected chi connectivity index (χ0v) is 17.9. The minimum absolute atomic E-state index is 0.0563. The number of anilines is 2. The molecule has 3 aromatic rings. The van der Waals surface area contributed by atoms with Gasteiger partial charge < -0.3 is 15.0 Å². The van der Waals surface area contributed by atoms with E-state index < -0.39 is 29.7 Å². The minimum Gasteiger partial charge on any atom is -0.497 e. The van der Waals surface area contributed by atoms with E-state index in [-0.39, 0.29) is 13.0 Å². The van der Waals surface area contributed by atoms with E-state index in [9.17, 15) is 18.8 Å². The smallest absolute Gasteiger partial charge is 0.332 e. The van der Waals surface area contributed by atoms with Gasteiger partial charge in [-0.1, -0.05) is 30.3 Å². The number of ether oxygens (including phenoxy) is 1. The first-order valence-corrected chi connectivity index (χ1v) is 10.3. The topological polar surface area (TPSA) is 79.0 Å². The van der Waals surface area contributed by atoms with Crippen LogP contribution in [0.4, 0.5) is 20.6 Å². The van der Waals surface area contributed by atoms with Crippen LogP contribution in [0.1, 0.15) is 12.0 Å².